The third kappa shape index (κ3) is 2.39. The van der Waals surface area contributed by atoms with Crippen molar-refractivity contribution >= 4 is 39.2 Å². The summed E-state index contributed by atoms with van der Waals surface area (Å²) in [5.41, 5.74) is 3.05. The molecule has 0 unspecified atom stereocenters. The Labute approximate surface area is 130 Å². The molecule has 0 aliphatic rings. The molecule has 0 radical (unpaired) electrons. The molecule has 0 fully saturated rings. The Morgan fingerprint density at radius 3 is 2.90 bits per heavy atom. The number of rotatable bonds is 3. The predicted octanol–water partition coefficient (Wildman–Crippen LogP) is 4.85. The number of ether oxygens (including phenoxy) is 1. The van der Waals surface area contributed by atoms with Crippen LogP contribution in [-0.4, -0.2) is 16.2 Å². The molecule has 1 N–H and O–H groups in total. The van der Waals surface area contributed by atoms with Crippen LogP contribution in [0.3, 0.4) is 0 Å². The summed E-state index contributed by atoms with van der Waals surface area (Å²) in [4.78, 5) is 3.22. The van der Waals surface area contributed by atoms with Gasteiger partial charge in [-0.05, 0) is 49.5 Å². The van der Waals surface area contributed by atoms with E-state index < -0.39 is 0 Å². The molecule has 20 heavy (non-hydrogen) atoms. The molecular formula is C15H13BrN2OS. The van der Waals surface area contributed by atoms with Crippen molar-refractivity contribution in [1.29, 1.82) is 0 Å². The highest BCUT2D eigenvalue weighted by atomic mass is 79.9. The first-order chi connectivity index (χ1) is 9.69. The number of aromatic nitrogens is 2. The largest absolute Gasteiger partial charge is 0.494 e. The maximum atomic E-state index is 5.55. The quantitative estimate of drug-likeness (QED) is 0.685. The van der Waals surface area contributed by atoms with Crippen LogP contribution in [0.4, 0.5) is 0 Å². The highest BCUT2D eigenvalue weighted by Crippen LogP contribution is 2.24. The van der Waals surface area contributed by atoms with Gasteiger partial charge in [-0.15, -0.1) is 0 Å². The van der Waals surface area contributed by atoms with Crippen molar-refractivity contribution in [2.24, 2.45) is 0 Å². The number of aromatic amines is 1. The van der Waals surface area contributed by atoms with Crippen molar-refractivity contribution < 1.29 is 4.74 Å². The number of fused-ring (bicyclic) bond motifs is 1. The summed E-state index contributed by atoms with van der Waals surface area (Å²) >= 11 is 8.91. The normalized spacial score (nSPS) is 10.9. The molecule has 3 aromatic rings. The van der Waals surface area contributed by atoms with E-state index in [2.05, 4.69) is 20.9 Å². The van der Waals surface area contributed by atoms with Crippen molar-refractivity contribution in [1.82, 2.24) is 9.55 Å². The number of nitrogens with zero attached hydrogens (tertiary/aromatic N) is 1. The first-order valence-electron chi connectivity index (χ1n) is 6.32. The SMILES string of the molecule is CCOc1cccc(-n2c(=S)[nH]c3cc(Br)ccc32)c1. The van der Waals surface area contributed by atoms with E-state index in [4.69, 9.17) is 17.0 Å². The smallest absolute Gasteiger partial charge is 0.182 e. The van der Waals surface area contributed by atoms with E-state index in [0.717, 1.165) is 26.9 Å². The third-order valence-electron chi connectivity index (χ3n) is 3.03. The summed E-state index contributed by atoms with van der Waals surface area (Å²) in [7, 11) is 0. The van der Waals surface area contributed by atoms with Crippen LogP contribution in [-0.2, 0) is 0 Å². The predicted molar refractivity (Wildman–Crippen MR) is 87.3 cm³/mol. The van der Waals surface area contributed by atoms with Crippen molar-refractivity contribution in [3.05, 3.63) is 51.7 Å². The zero-order chi connectivity index (χ0) is 14.1. The molecule has 0 amide bonds. The van der Waals surface area contributed by atoms with Gasteiger partial charge in [0.25, 0.3) is 0 Å². The first-order valence-corrected chi connectivity index (χ1v) is 7.52. The Morgan fingerprint density at radius 2 is 2.10 bits per heavy atom. The Kier molecular flexibility index (Phi) is 3.63. The van der Waals surface area contributed by atoms with Gasteiger partial charge in [-0.1, -0.05) is 22.0 Å². The number of benzene rings is 2. The minimum absolute atomic E-state index is 0.648. The van der Waals surface area contributed by atoms with Crippen LogP contribution >= 0.6 is 28.1 Å². The van der Waals surface area contributed by atoms with Gasteiger partial charge in [0.2, 0.25) is 0 Å². The average molecular weight is 349 g/mol. The van der Waals surface area contributed by atoms with Crippen molar-refractivity contribution in [3.63, 3.8) is 0 Å². The van der Waals surface area contributed by atoms with Crippen LogP contribution in [0.1, 0.15) is 6.92 Å². The zero-order valence-corrected chi connectivity index (χ0v) is 13.3. The molecule has 102 valence electrons. The van der Waals surface area contributed by atoms with E-state index in [9.17, 15) is 0 Å². The van der Waals surface area contributed by atoms with Gasteiger partial charge in [0, 0.05) is 10.5 Å². The fourth-order valence-corrected chi connectivity index (χ4v) is 2.89. The van der Waals surface area contributed by atoms with Crippen molar-refractivity contribution in [3.8, 4) is 11.4 Å². The molecular weight excluding hydrogens is 336 g/mol. The maximum absolute atomic E-state index is 5.55. The molecule has 2 aromatic carbocycles. The maximum Gasteiger partial charge on any atom is 0.182 e. The van der Waals surface area contributed by atoms with E-state index in [1.165, 1.54) is 0 Å². The zero-order valence-electron chi connectivity index (χ0n) is 10.9. The first kappa shape index (κ1) is 13.4. The molecule has 1 aromatic heterocycles. The topological polar surface area (TPSA) is 29.9 Å². The summed E-state index contributed by atoms with van der Waals surface area (Å²) in [6, 6.07) is 14.0. The lowest BCUT2D eigenvalue weighted by molar-refractivity contribution is 0.340. The molecule has 0 spiro atoms. The highest BCUT2D eigenvalue weighted by Gasteiger charge is 2.07. The van der Waals surface area contributed by atoms with Gasteiger partial charge in [-0.3, -0.25) is 4.57 Å². The van der Waals surface area contributed by atoms with Gasteiger partial charge in [0.1, 0.15) is 5.75 Å². The molecule has 0 aliphatic heterocycles. The molecule has 1 heterocycles. The van der Waals surface area contributed by atoms with E-state index in [1.807, 2.05) is 54.0 Å². The van der Waals surface area contributed by atoms with Gasteiger partial charge >= 0.3 is 0 Å². The molecule has 3 nitrogen and oxygen atoms in total. The monoisotopic (exact) mass is 348 g/mol. The van der Waals surface area contributed by atoms with Gasteiger partial charge in [-0.2, -0.15) is 0 Å². The summed E-state index contributed by atoms with van der Waals surface area (Å²) in [5.74, 6) is 0.846. The molecule has 0 bridgehead atoms. The summed E-state index contributed by atoms with van der Waals surface area (Å²) < 4.78 is 9.26. The lowest BCUT2D eigenvalue weighted by atomic mass is 10.2. The fourth-order valence-electron chi connectivity index (χ4n) is 2.22. The van der Waals surface area contributed by atoms with Gasteiger partial charge < -0.3 is 9.72 Å². The van der Waals surface area contributed by atoms with Crippen molar-refractivity contribution in [2.75, 3.05) is 6.61 Å². The standard InChI is InChI=1S/C15H13BrN2OS/c1-2-19-12-5-3-4-11(9-12)18-14-7-6-10(16)8-13(14)17-15(18)20/h3-9H,2H2,1H3,(H,17,20). The molecule has 3 rings (SSSR count). The van der Waals surface area contributed by atoms with Crippen molar-refractivity contribution in [2.45, 2.75) is 6.92 Å². The minimum atomic E-state index is 0.648. The highest BCUT2D eigenvalue weighted by molar-refractivity contribution is 9.10. The van der Waals surface area contributed by atoms with Gasteiger partial charge in [0.15, 0.2) is 4.77 Å². The fraction of sp³-hybridized carbons (Fsp3) is 0.133. The number of imidazole rings is 1. The second-order valence-corrected chi connectivity index (χ2v) is 5.66. The van der Waals surface area contributed by atoms with Crippen LogP contribution < -0.4 is 4.74 Å². The van der Waals surface area contributed by atoms with Crippen LogP contribution in [0.15, 0.2) is 46.9 Å². The Hall–Kier alpha value is -1.59. The summed E-state index contributed by atoms with van der Waals surface area (Å²) in [6.07, 6.45) is 0. The molecule has 0 saturated heterocycles. The number of halogens is 1. The average Bonchev–Trinajstić information content (AvgIpc) is 2.74. The number of hydrogen-bond acceptors (Lipinski definition) is 2. The molecule has 0 atom stereocenters. The lowest BCUT2D eigenvalue weighted by Crippen LogP contribution is -1.96. The van der Waals surface area contributed by atoms with Crippen LogP contribution in [0.25, 0.3) is 16.7 Å². The lowest BCUT2D eigenvalue weighted by Gasteiger charge is -2.08. The van der Waals surface area contributed by atoms with Gasteiger partial charge in [0.05, 0.1) is 23.3 Å². The Balaban J connectivity index is 2.21. The van der Waals surface area contributed by atoms with E-state index in [1.54, 1.807) is 0 Å². The number of hydrogen-bond donors (Lipinski definition) is 1. The Bertz CT molecular complexity index is 822. The number of nitrogens with one attached hydrogen (secondary N) is 1. The van der Waals surface area contributed by atoms with Crippen LogP contribution in [0, 0.1) is 4.77 Å². The summed E-state index contributed by atoms with van der Waals surface area (Å²) in [6.45, 7) is 2.62. The number of H-pyrrole nitrogens is 1. The van der Waals surface area contributed by atoms with Crippen LogP contribution in [0.5, 0.6) is 5.75 Å². The molecule has 0 aliphatic carbocycles. The minimum Gasteiger partial charge on any atom is -0.494 e. The molecule has 5 heteroatoms. The Morgan fingerprint density at radius 1 is 1.25 bits per heavy atom. The second-order valence-electron chi connectivity index (χ2n) is 4.36. The van der Waals surface area contributed by atoms with Crippen LogP contribution in [0.2, 0.25) is 0 Å². The van der Waals surface area contributed by atoms with E-state index in [0.29, 0.717) is 11.4 Å². The third-order valence-corrected chi connectivity index (χ3v) is 3.81. The van der Waals surface area contributed by atoms with E-state index >= 15 is 0 Å². The van der Waals surface area contributed by atoms with E-state index in [-0.39, 0.29) is 0 Å². The second kappa shape index (κ2) is 5.42. The summed E-state index contributed by atoms with van der Waals surface area (Å²) in [5, 5.41) is 0. The van der Waals surface area contributed by atoms with Gasteiger partial charge in [-0.25, -0.2) is 0 Å². The molecule has 0 saturated carbocycles.